The van der Waals surface area contributed by atoms with Crippen molar-refractivity contribution in [2.75, 3.05) is 20.3 Å². The first-order valence-corrected chi connectivity index (χ1v) is 14.5. The van der Waals surface area contributed by atoms with Crippen molar-refractivity contribution in [2.45, 2.75) is 104 Å². The van der Waals surface area contributed by atoms with E-state index in [4.69, 9.17) is 9.47 Å². The van der Waals surface area contributed by atoms with Crippen molar-refractivity contribution in [3.63, 3.8) is 0 Å². The molecule has 2 aromatic carbocycles. The van der Waals surface area contributed by atoms with Gasteiger partial charge in [-0.2, -0.15) is 0 Å². The molecule has 2 aromatic rings. The van der Waals surface area contributed by atoms with Crippen LogP contribution in [0.5, 0.6) is 11.5 Å². The Morgan fingerprint density at radius 3 is 2.27 bits per heavy atom. The molecule has 0 aliphatic carbocycles. The molecule has 1 heterocycles. The molecule has 3 nitrogen and oxygen atoms in total. The molecule has 0 N–H and O–H groups in total. The number of hydrogen-bond donors (Lipinski definition) is 0. The molecule has 0 radical (unpaired) electrons. The molecular formula is C32H46F2NO2+. The quantitative estimate of drug-likeness (QED) is 0.156. The van der Waals surface area contributed by atoms with Gasteiger partial charge in [-0.15, -0.1) is 0 Å². The van der Waals surface area contributed by atoms with Crippen LogP contribution in [0.15, 0.2) is 30.3 Å². The highest BCUT2D eigenvalue weighted by atomic mass is 19.1. The van der Waals surface area contributed by atoms with Gasteiger partial charge in [-0.05, 0) is 43.2 Å². The Kier molecular flexibility index (Phi) is 12.4. The molecule has 1 aliphatic rings. The average molecular weight is 515 g/mol. The molecule has 0 atom stereocenters. The molecule has 1 aliphatic heterocycles. The predicted octanol–water partition coefficient (Wildman–Crippen LogP) is 8.63. The third-order valence-electron chi connectivity index (χ3n) is 7.40. The fourth-order valence-electron chi connectivity index (χ4n) is 5.29. The molecule has 0 unspecified atom stereocenters. The van der Waals surface area contributed by atoms with Crippen molar-refractivity contribution in [3.05, 3.63) is 58.7 Å². The average Bonchev–Trinajstić information content (AvgIpc) is 2.90. The van der Waals surface area contributed by atoms with Crippen molar-refractivity contribution in [1.29, 1.82) is 0 Å². The third kappa shape index (κ3) is 8.55. The predicted molar refractivity (Wildman–Crippen MR) is 148 cm³/mol. The maximum Gasteiger partial charge on any atom is 0.184 e. The summed E-state index contributed by atoms with van der Waals surface area (Å²) in [5.41, 5.74) is 3.95. The number of nitrogens with zero attached hydrogens (tertiary/aromatic N) is 1. The van der Waals surface area contributed by atoms with E-state index in [9.17, 15) is 8.78 Å². The number of unbranched alkanes of at least 4 members (excludes halogenated alkanes) is 9. The van der Waals surface area contributed by atoms with Crippen LogP contribution < -0.4 is 9.47 Å². The first-order valence-electron chi connectivity index (χ1n) is 14.5. The van der Waals surface area contributed by atoms with Gasteiger partial charge in [-0.3, -0.25) is 0 Å². The molecule has 0 saturated carbocycles. The Labute approximate surface area is 222 Å². The van der Waals surface area contributed by atoms with Crippen LogP contribution in [0, 0.1) is 11.6 Å². The van der Waals surface area contributed by atoms with Crippen LogP contribution in [0.4, 0.5) is 8.78 Å². The summed E-state index contributed by atoms with van der Waals surface area (Å²) in [5, 5.41) is 0. The lowest BCUT2D eigenvalue weighted by Gasteiger charge is -2.23. The van der Waals surface area contributed by atoms with Gasteiger partial charge in [-0.1, -0.05) is 71.6 Å². The SMILES string of the molecule is CCCCCCCCOc1c(OC)ccc2c1CC[N+](Cc1cc(F)ccc1F)=C2CCCCCCC. The summed E-state index contributed by atoms with van der Waals surface area (Å²) >= 11 is 0. The van der Waals surface area contributed by atoms with E-state index >= 15 is 0 Å². The fourth-order valence-corrected chi connectivity index (χ4v) is 5.29. The second kappa shape index (κ2) is 15.7. The number of methoxy groups -OCH3 is 1. The number of benzene rings is 2. The van der Waals surface area contributed by atoms with Gasteiger partial charge < -0.3 is 9.47 Å². The summed E-state index contributed by atoms with van der Waals surface area (Å²) < 4.78 is 42.7. The van der Waals surface area contributed by atoms with Crippen molar-refractivity contribution in [2.24, 2.45) is 0 Å². The van der Waals surface area contributed by atoms with Gasteiger partial charge in [0.05, 0.1) is 19.3 Å². The van der Waals surface area contributed by atoms with E-state index in [1.54, 1.807) is 7.11 Å². The van der Waals surface area contributed by atoms with Crippen LogP contribution >= 0.6 is 0 Å². The highest BCUT2D eigenvalue weighted by Crippen LogP contribution is 2.37. The number of ether oxygens (including phenoxy) is 2. The third-order valence-corrected chi connectivity index (χ3v) is 7.40. The van der Waals surface area contributed by atoms with Crippen molar-refractivity contribution < 1.29 is 22.8 Å². The molecular weight excluding hydrogens is 468 g/mol. The van der Waals surface area contributed by atoms with Crippen molar-refractivity contribution in [1.82, 2.24) is 0 Å². The largest absolute Gasteiger partial charge is 0.493 e. The monoisotopic (exact) mass is 514 g/mol. The highest BCUT2D eigenvalue weighted by Gasteiger charge is 2.30. The van der Waals surface area contributed by atoms with E-state index in [2.05, 4.69) is 24.5 Å². The van der Waals surface area contributed by atoms with E-state index in [1.807, 2.05) is 6.07 Å². The second-order valence-electron chi connectivity index (χ2n) is 10.3. The minimum absolute atomic E-state index is 0.354. The normalized spacial score (nSPS) is 13.1. The van der Waals surface area contributed by atoms with Crippen LogP contribution in [0.25, 0.3) is 0 Å². The zero-order chi connectivity index (χ0) is 26.5. The van der Waals surface area contributed by atoms with Gasteiger partial charge in [0.2, 0.25) is 0 Å². The minimum atomic E-state index is -0.398. The molecule has 204 valence electrons. The van der Waals surface area contributed by atoms with E-state index in [0.29, 0.717) is 18.7 Å². The lowest BCUT2D eigenvalue weighted by molar-refractivity contribution is -0.546. The molecule has 5 heteroatoms. The molecule has 0 fully saturated rings. The van der Waals surface area contributed by atoms with Gasteiger partial charge in [0, 0.05) is 24.0 Å². The zero-order valence-electron chi connectivity index (χ0n) is 23.2. The Morgan fingerprint density at radius 1 is 0.838 bits per heavy atom. The van der Waals surface area contributed by atoms with E-state index < -0.39 is 5.82 Å². The Bertz CT molecular complexity index is 1020. The van der Waals surface area contributed by atoms with Crippen LogP contribution in [0.1, 0.15) is 108 Å². The topological polar surface area (TPSA) is 21.5 Å². The molecule has 0 aromatic heterocycles. The highest BCUT2D eigenvalue weighted by molar-refractivity contribution is 5.99. The van der Waals surface area contributed by atoms with Gasteiger partial charge >= 0.3 is 0 Å². The van der Waals surface area contributed by atoms with Crippen LogP contribution in [-0.4, -0.2) is 30.5 Å². The van der Waals surface area contributed by atoms with Crippen molar-refractivity contribution >= 4 is 5.71 Å². The number of hydrogen-bond acceptors (Lipinski definition) is 2. The van der Waals surface area contributed by atoms with E-state index in [1.165, 1.54) is 87.3 Å². The Balaban J connectivity index is 1.84. The fraction of sp³-hybridized carbons (Fsp3) is 0.594. The number of fused-ring (bicyclic) bond motifs is 1. The maximum atomic E-state index is 14.5. The molecule has 0 amide bonds. The summed E-state index contributed by atoms with van der Waals surface area (Å²) in [5.74, 6) is 0.877. The number of rotatable bonds is 17. The lowest BCUT2D eigenvalue weighted by atomic mass is 9.92. The van der Waals surface area contributed by atoms with E-state index in [0.717, 1.165) is 49.3 Å². The summed E-state index contributed by atoms with van der Waals surface area (Å²) in [6.07, 6.45) is 15.0. The summed E-state index contributed by atoms with van der Waals surface area (Å²) in [4.78, 5) is 0. The van der Waals surface area contributed by atoms with E-state index in [-0.39, 0.29) is 5.82 Å². The lowest BCUT2D eigenvalue weighted by Crippen LogP contribution is -2.31. The summed E-state index contributed by atoms with van der Waals surface area (Å²) in [6, 6.07) is 7.86. The first-order chi connectivity index (χ1) is 18.1. The number of halogens is 2. The minimum Gasteiger partial charge on any atom is -0.493 e. The van der Waals surface area contributed by atoms with Crippen LogP contribution in [0.2, 0.25) is 0 Å². The van der Waals surface area contributed by atoms with Crippen molar-refractivity contribution in [3.8, 4) is 11.5 Å². The van der Waals surface area contributed by atoms with Gasteiger partial charge in [0.1, 0.15) is 18.2 Å². The Hall–Kier alpha value is -2.43. The zero-order valence-corrected chi connectivity index (χ0v) is 23.2. The van der Waals surface area contributed by atoms with Crippen LogP contribution in [0.3, 0.4) is 0 Å². The second-order valence-corrected chi connectivity index (χ2v) is 10.3. The van der Waals surface area contributed by atoms with Crippen LogP contribution in [-0.2, 0) is 13.0 Å². The van der Waals surface area contributed by atoms with Gasteiger partial charge in [-0.25, -0.2) is 13.4 Å². The molecule has 3 rings (SSSR count). The smallest absolute Gasteiger partial charge is 0.184 e. The van der Waals surface area contributed by atoms with Gasteiger partial charge in [0.25, 0.3) is 0 Å². The molecule has 0 bridgehead atoms. The summed E-state index contributed by atoms with van der Waals surface area (Å²) in [7, 11) is 1.69. The molecule has 37 heavy (non-hydrogen) atoms. The standard InChI is InChI=1S/C32H46F2NO2/c1-4-6-8-10-12-14-22-37-32-28-20-21-35(24-25-23-26(33)16-18-29(25)34)30(15-13-11-9-7-5-2)27(28)17-19-31(32)36-3/h16-19,23H,4-15,20-22,24H2,1-3H3/q+1. The maximum absolute atomic E-state index is 14.5. The molecule has 0 spiro atoms. The molecule has 0 saturated heterocycles. The first kappa shape index (κ1) is 29.1. The summed E-state index contributed by atoms with van der Waals surface area (Å²) in [6.45, 7) is 6.26. The Morgan fingerprint density at radius 2 is 1.54 bits per heavy atom. The van der Waals surface area contributed by atoms with Gasteiger partial charge in [0.15, 0.2) is 23.8 Å².